The number of rotatable bonds is 2. The topological polar surface area (TPSA) is 29.5 Å². The van der Waals surface area contributed by atoms with Crippen LogP contribution in [0, 0.1) is 11.6 Å². The number of aliphatic hydroxyl groups is 1. The van der Waals surface area contributed by atoms with Crippen LogP contribution >= 0.6 is 0 Å². The minimum Gasteiger partial charge on any atom is -0.385 e. The monoisotopic (exact) mass is 242 g/mol. The molecule has 17 heavy (non-hydrogen) atoms. The van der Waals surface area contributed by atoms with Gasteiger partial charge in [-0.25, -0.2) is 8.78 Å². The summed E-state index contributed by atoms with van der Waals surface area (Å²) in [5, 5.41) is 10.4. The normalized spacial score (nSPS) is 29.3. The van der Waals surface area contributed by atoms with Crippen LogP contribution < -0.4 is 0 Å². The van der Waals surface area contributed by atoms with E-state index in [-0.39, 0.29) is 11.7 Å². The quantitative estimate of drug-likeness (QED) is 0.864. The maximum absolute atomic E-state index is 13.6. The molecule has 1 aliphatic rings. The van der Waals surface area contributed by atoms with Crippen LogP contribution in [-0.4, -0.2) is 18.3 Å². The summed E-state index contributed by atoms with van der Waals surface area (Å²) in [5.41, 5.74) is -1.20. The molecular weight excluding hydrogens is 226 g/mol. The van der Waals surface area contributed by atoms with Gasteiger partial charge >= 0.3 is 0 Å². The second-order valence-corrected chi connectivity index (χ2v) is 4.59. The van der Waals surface area contributed by atoms with Crippen molar-refractivity contribution < 1.29 is 18.6 Å². The highest BCUT2D eigenvalue weighted by molar-refractivity contribution is 5.25. The summed E-state index contributed by atoms with van der Waals surface area (Å²) in [7, 11) is 1.62. The van der Waals surface area contributed by atoms with E-state index in [1.807, 2.05) is 0 Å². The first-order valence-corrected chi connectivity index (χ1v) is 5.76. The summed E-state index contributed by atoms with van der Waals surface area (Å²) in [6.07, 6.45) is 2.20. The van der Waals surface area contributed by atoms with Crippen LogP contribution in [0.2, 0.25) is 0 Å². The number of ether oxygens (including phenoxy) is 1. The van der Waals surface area contributed by atoms with E-state index in [1.165, 1.54) is 0 Å². The zero-order valence-electron chi connectivity index (χ0n) is 9.75. The number of methoxy groups -OCH3 is 1. The first kappa shape index (κ1) is 12.5. The molecule has 1 aliphatic carbocycles. The van der Waals surface area contributed by atoms with E-state index in [0.717, 1.165) is 18.2 Å². The van der Waals surface area contributed by atoms with Crippen molar-refractivity contribution in [2.75, 3.05) is 7.11 Å². The fourth-order valence-electron chi connectivity index (χ4n) is 2.43. The molecule has 1 saturated carbocycles. The van der Waals surface area contributed by atoms with Crippen LogP contribution in [0.1, 0.15) is 31.2 Å². The molecule has 0 bridgehead atoms. The lowest BCUT2D eigenvalue weighted by molar-refractivity contribution is -0.0495. The molecule has 0 aliphatic heterocycles. The van der Waals surface area contributed by atoms with E-state index in [4.69, 9.17) is 4.74 Å². The molecule has 0 aromatic heterocycles. The minimum atomic E-state index is -1.26. The van der Waals surface area contributed by atoms with Crippen molar-refractivity contribution >= 4 is 0 Å². The molecule has 4 heteroatoms. The van der Waals surface area contributed by atoms with Crippen LogP contribution in [0.25, 0.3) is 0 Å². The maximum atomic E-state index is 13.6. The SMILES string of the molecule is COC1CCC(O)(c2cc(F)ccc2F)CC1. The third kappa shape index (κ3) is 2.48. The number of benzene rings is 1. The Morgan fingerprint density at radius 1 is 1.29 bits per heavy atom. The van der Waals surface area contributed by atoms with Crippen molar-refractivity contribution in [3.05, 3.63) is 35.4 Å². The number of hydrogen-bond donors (Lipinski definition) is 1. The van der Waals surface area contributed by atoms with Gasteiger partial charge in [0.15, 0.2) is 0 Å². The Bertz CT molecular complexity index is 398. The molecule has 1 aromatic carbocycles. The molecule has 0 amide bonds. The Morgan fingerprint density at radius 2 is 1.94 bits per heavy atom. The molecule has 1 N–H and O–H groups in total. The van der Waals surface area contributed by atoms with Crippen molar-refractivity contribution in [1.29, 1.82) is 0 Å². The van der Waals surface area contributed by atoms with Gasteiger partial charge in [0.05, 0.1) is 11.7 Å². The molecule has 2 rings (SSSR count). The maximum Gasteiger partial charge on any atom is 0.129 e. The fraction of sp³-hybridized carbons (Fsp3) is 0.538. The van der Waals surface area contributed by atoms with E-state index < -0.39 is 17.2 Å². The van der Waals surface area contributed by atoms with Gasteiger partial charge < -0.3 is 9.84 Å². The first-order valence-electron chi connectivity index (χ1n) is 5.76. The summed E-state index contributed by atoms with van der Waals surface area (Å²) in [4.78, 5) is 0. The molecule has 94 valence electrons. The third-order valence-electron chi connectivity index (χ3n) is 3.52. The van der Waals surface area contributed by atoms with Gasteiger partial charge in [0.25, 0.3) is 0 Å². The van der Waals surface area contributed by atoms with Crippen molar-refractivity contribution in [3.63, 3.8) is 0 Å². The minimum absolute atomic E-state index is 0.0621. The zero-order chi connectivity index (χ0) is 12.5. The Balaban J connectivity index is 2.24. The van der Waals surface area contributed by atoms with Gasteiger partial charge in [0.1, 0.15) is 11.6 Å². The molecule has 0 heterocycles. The summed E-state index contributed by atoms with van der Waals surface area (Å²) in [6.45, 7) is 0. The standard InChI is InChI=1S/C13H16F2O2/c1-17-10-4-6-13(16,7-5-10)11-8-9(14)2-3-12(11)15/h2-3,8,10,16H,4-7H2,1H3. The lowest BCUT2D eigenvalue weighted by atomic mass is 9.78. The highest BCUT2D eigenvalue weighted by Gasteiger charge is 2.37. The highest BCUT2D eigenvalue weighted by atomic mass is 19.1. The van der Waals surface area contributed by atoms with Gasteiger partial charge in [-0.1, -0.05) is 0 Å². The summed E-state index contributed by atoms with van der Waals surface area (Å²) in [6, 6.07) is 3.20. The van der Waals surface area contributed by atoms with Crippen LogP contribution in [0.5, 0.6) is 0 Å². The van der Waals surface area contributed by atoms with Gasteiger partial charge in [-0.2, -0.15) is 0 Å². The second-order valence-electron chi connectivity index (χ2n) is 4.59. The Labute approximate surface area is 99.2 Å². The molecule has 0 saturated heterocycles. The van der Waals surface area contributed by atoms with Crippen molar-refractivity contribution in [1.82, 2.24) is 0 Å². The zero-order valence-corrected chi connectivity index (χ0v) is 9.75. The molecular formula is C13H16F2O2. The molecule has 1 aromatic rings. The summed E-state index contributed by atoms with van der Waals surface area (Å²) < 4.78 is 31.9. The fourth-order valence-corrected chi connectivity index (χ4v) is 2.43. The molecule has 0 radical (unpaired) electrons. The summed E-state index contributed by atoms with van der Waals surface area (Å²) >= 11 is 0. The number of halogens is 2. The highest BCUT2D eigenvalue weighted by Crippen LogP contribution is 2.39. The van der Waals surface area contributed by atoms with Gasteiger partial charge in [0, 0.05) is 12.7 Å². The second kappa shape index (κ2) is 4.70. The van der Waals surface area contributed by atoms with E-state index in [1.54, 1.807) is 7.11 Å². The number of hydrogen-bond acceptors (Lipinski definition) is 2. The van der Waals surface area contributed by atoms with Gasteiger partial charge in [0.2, 0.25) is 0 Å². The predicted octanol–water partition coefficient (Wildman–Crippen LogP) is 2.74. The van der Waals surface area contributed by atoms with E-state index in [0.29, 0.717) is 25.7 Å². The Hall–Kier alpha value is -1.00. The average molecular weight is 242 g/mol. The van der Waals surface area contributed by atoms with E-state index in [2.05, 4.69) is 0 Å². The molecule has 0 spiro atoms. The van der Waals surface area contributed by atoms with Crippen molar-refractivity contribution in [2.45, 2.75) is 37.4 Å². The van der Waals surface area contributed by atoms with Crippen LogP contribution in [-0.2, 0) is 10.3 Å². The van der Waals surface area contributed by atoms with Crippen molar-refractivity contribution in [3.8, 4) is 0 Å². The molecule has 2 nitrogen and oxygen atoms in total. The van der Waals surface area contributed by atoms with E-state index >= 15 is 0 Å². The largest absolute Gasteiger partial charge is 0.385 e. The van der Waals surface area contributed by atoms with Crippen LogP contribution in [0.15, 0.2) is 18.2 Å². The lowest BCUT2D eigenvalue weighted by Gasteiger charge is -2.36. The van der Waals surface area contributed by atoms with Crippen molar-refractivity contribution in [2.24, 2.45) is 0 Å². The lowest BCUT2D eigenvalue weighted by Crippen LogP contribution is -2.34. The van der Waals surface area contributed by atoms with Crippen LogP contribution in [0.3, 0.4) is 0 Å². The Morgan fingerprint density at radius 3 is 2.53 bits per heavy atom. The molecule has 1 fully saturated rings. The first-order chi connectivity index (χ1) is 8.05. The van der Waals surface area contributed by atoms with Crippen LogP contribution in [0.4, 0.5) is 8.78 Å². The molecule has 0 atom stereocenters. The Kier molecular flexibility index (Phi) is 3.45. The van der Waals surface area contributed by atoms with Gasteiger partial charge in [-0.05, 0) is 43.9 Å². The molecule has 0 unspecified atom stereocenters. The summed E-state index contributed by atoms with van der Waals surface area (Å²) in [5.74, 6) is -1.08. The van der Waals surface area contributed by atoms with E-state index in [9.17, 15) is 13.9 Å². The predicted molar refractivity (Wildman–Crippen MR) is 59.5 cm³/mol. The van der Waals surface area contributed by atoms with Gasteiger partial charge in [-0.15, -0.1) is 0 Å². The van der Waals surface area contributed by atoms with Gasteiger partial charge in [-0.3, -0.25) is 0 Å². The average Bonchev–Trinajstić information content (AvgIpc) is 2.33. The smallest absolute Gasteiger partial charge is 0.129 e. The third-order valence-corrected chi connectivity index (χ3v) is 3.52.